The molecule has 104 valence electrons. The number of hydrogen-bond acceptors (Lipinski definition) is 4. The predicted molar refractivity (Wildman–Crippen MR) is 86.3 cm³/mol. The number of carbonyl (C=O) groups is 2. The molecule has 0 fully saturated rings. The number of rotatable bonds is 6. The maximum absolute atomic E-state index is 11.7. The Morgan fingerprint density at radius 3 is 2.84 bits per heavy atom. The Morgan fingerprint density at radius 2 is 2.21 bits per heavy atom. The van der Waals surface area contributed by atoms with E-state index < -0.39 is 0 Å². The van der Waals surface area contributed by atoms with Gasteiger partial charge in [0, 0.05) is 15.0 Å². The van der Waals surface area contributed by atoms with Gasteiger partial charge in [0.1, 0.15) is 0 Å². The number of esters is 1. The Balaban J connectivity index is 2.30. The third-order valence-corrected chi connectivity index (χ3v) is 4.19. The van der Waals surface area contributed by atoms with Gasteiger partial charge in [-0.3, -0.25) is 9.59 Å². The van der Waals surface area contributed by atoms with Gasteiger partial charge in [-0.25, -0.2) is 0 Å². The summed E-state index contributed by atoms with van der Waals surface area (Å²) in [5.74, 6) is 0.397. The standard InChI is InChI=1S/C13H16INO3S/c1-9(13(17)18-2)7-19-8-12(16)15-11-5-3-4-10(14)6-11/h3-6,9H,7-8H2,1-2H3,(H,15,16). The van der Waals surface area contributed by atoms with Gasteiger partial charge in [0.15, 0.2) is 0 Å². The van der Waals surface area contributed by atoms with Crippen molar-refractivity contribution >= 4 is 51.9 Å². The normalized spacial score (nSPS) is 11.7. The van der Waals surface area contributed by atoms with Crippen LogP contribution in [-0.4, -0.2) is 30.5 Å². The highest BCUT2D eigenvalue weighted by Crippen LogP contribution is 2.14. The zero-order valence-electron chi connectivity index (χ0n) is 10.8. The molecule has 19 heavy (non-hydrogen) atoms. The van der Waals surface area contributed by atoms with Crippen molar-refractivity contribution in [3.63, 3.8) is 0 Å². The molecule has 1 aromatic rings. The van der Waals surface area contributed by atoms with Gasteiger partial charge < -0.3 is 10.1 Å². The molecule has 6 heteroatoms. The lowest BCUT2D eigenvalue weighted by Crippen LogP contribution is -2.18. The first kappa shape index (κ1) is 16.3. The van der Waals surface area contributed by atoms with Gasteiger partial charge in [0.25, 0.3) is 0 Å². The molecule has 0 aliphatic heterocycles. The maximum atomic E-state index is 11.7. The number of halogens is 1. The van der Waals surface area contributed by atoms with Crippen LogP contribution in [0.15, 0.2) is 24.3 Å². The van der Waals surface area contributed by atoms with Gasteiger partial charge in [-0.05, 0) is 40.8 Å². The molecule has 1 rings (SSSR count). The van der Waals surface area contributed by atoms with Gasteiger partial charge in [0.2, 0.25) is 5.91 Å². The SMILES string of the molecule is COC(=O)C(C)CSCC(=O)Nc1cccc(I)c1. The molecule has 1 aromatic carbocycles. The monoisotopic (exact) mass is 393 g/mol. The van der Waals surface area contributed by atoms with E-state index in [-0.39, 0.29) is 17.8 Å². The summed E-state index contributed by atoms with van der Waals surface area (Å²) in [4.78, 5) is 22.9. The van der Waals surface area contributed by atoms with Crippen molar-refractivity contribution in [2.45, 2.75) is 6.92 Å². The lowest BCUT2D eigenvalue weighted by atomic mass is 10.2. The molecule has 1 unspecified atom stereocenters. The van der Waals surface area contributed by atoms with Crippen LogP contribution in [0.4, 0.5) is 5.69 Å². The van der Waals surface area contributed by atoms with Crippen LogP contribution in [0.2, 0.25) is 0 Å². The molecular formula is C13H16INO3S. The van der Waals surface area contributed by atoms with E-state index in [0.717, 1.165) is 9.26 Å². The molecular weight excluding hydrogens is 377 g/mol. The molecule has 1 N–H and O–H groups in total. The summed E-state index contributed by atoms with van der Waals surface area (Å²) in [5.41, 5.74) is 0.790. The summed E-state index contributed by atoms with van der Waals surface area (Å²) in [6.45, 7) is 1.79. The fourth-order valence-corrected chi connectivity index (χ4v) is 2.77. The van der Waals surface area contributed by atoms with E-state index in [1.807, 2.05) is 24.3 Å². The number of nitrogens with one attached hydrogen (secondary N) is 1. The molecule has 0 spiro atoms. The molecule has 0 aliphatic carbocycles. The Bertz CT molecular complexity index is 453. The third kappa shape index (κ3) is 6.29. The van der Waals surface area contributed by atoms with Crippen molar-refractivity contribution in [2.24, 2.45) is 5.92 Å². The van der Waals surface area contributed by atoms with E-state index in [0.29, 0.717) is 11.5 Å². The van der Waals surface area contributed by atoms with E-state index in [1.54, 1.807) is 6.92 Å². The first-order valence-corrected chi connectivity index (χ1v) is 7.97. The first-order chi connectivity index (χ1) is 9.02. The smallest absolute Gasteiger partial charge is 0.309 e. The topological polar surface area (TPSA) is 55.4 Å². The lowest BCUT2D eigenvalue weighted by Gasteiger charge is -2.09. The van der Waals surface area contributed by atoms with Crippen molar-refractivity contribution in [2.75, 3.05) is 23.9 Å². The summed E-state index contributed by atoms with van der Waals surface area (Å²) in [6.07, 6.45) is 0. The van der Waals surface area contributed by atoms with Crippen LogP contribution in [-0.2, 0) is 14.3 Å². The maximum Gasteiger partial charge on any atom is 0.309 e. The number of carbonyl (C=O) groups excluding carboxylic acids is 2. The highest BCUT2D eigenvalue weighted by molar-refractivity contribution is 14.1. The second-order valence-corrected chi connectivity index (χ2v) is 6.27. The lowest BCUT2D eigenvalue weighted by molar-refractivity contribution is -0.144. The fraction of sp³-hybridized carbons (Fsp3) is 0.385. The largest absolute Gasteiger partial charge is 0.469 e. The Hall–Kier alpha value is -0.760. The minimum absolute atomic E-state index is 0.0657. The molecule has 0 saturated carbocycles. The molecule has 1 amide bonds. The highest BCUT2D eigenvalue weighted by Gasteiger charge is 2.13. The number of amides is 1. The second kappa shape index (κ2) is 8.42. The van der Waals surface area contributed by atoms with E-state index >= 15 is 0 Å². The summed E-state index contributed by atoms with van der Waals surface area (Å²) >= 11 is 3.61. The summed E-state index contributed by atoms with van der Waals surface area (Å²) in [5, 5.41) is 2.82. The first-order valence-electron chi connectivity index (χ1n) is 5.74. The zero-order valence-corrected chi connectivity index (χ0v) is 13.8. The number of benzene rings is 1. The average Bonchev–Trinajstić information content (AvgIpc) is 2.37. The van der Waals surface area contributed by atoms with Crippen LogP contribution in [0.1, 0.15) is 6.92 Å². The quantitative estimate of drug-likeness (QED) is 0.597. The number of hydrogen-bond donors (Lipinski definition) is 1. The molecule has 0 heterocycles. The van der Waals surface area contributed by atoms with Crippen LogP contribution < -0.4 is 5.32 Å². The van der Waals surface area contributed by atoms with Gasteiger partial charge in [-0.1, -0.05) is 13.0 Å². The van der Waals surface area contributed by atoms with Crippen molar-refractivity contribution in [1.82, 2.24) is 0 Å². The number of thioether (sulfide) groups is 1. The minimum Gasteiger partial charge on any atom is -0.469 e. The summed E-state index contributed by atoms with van der Waals surface area (Å²) < 4.78 is 5.70. The van der Waals surface area contributed by atoms with Crippen LogP contribution in [0.25, 0.3) is 0 Å². The molecule has 4 nitrogen and oxygen atoms in total. The predicted octanol–water partition coefficient (Wildman–Crippen LogP) is 2.77. The van der Waals surface area contributed by atoms with Crippen molar-refractivity contribution < 1.29 is 14.3 Å². The Labute approximate surface area is 130 Å². The molecule has 0 aliphatic rings. The minimum atomic E-state index is -0.245. The van der Waals surface area contributed by atoms with E-state index in [4.69, 9.17) is 0 Å². The molecule has 0 aromatic heterocycles. The number of methoxy groups -OCH3 is 1. The van der Waals surface area contributed by atoms with Crippen LogP contribution >= 0.6 is 34.4 Å². The Kier molecular flexibility index (Phi) is 7.22. The summed E-state index contributed by atoms with van der Waals surface area (Å²) in [7, 11) is 1.37. The molecule has 0 saturated heterocycles. The average molecular weight is 393 g/mol. The van der Waals surface area contributed by atoms with Gasteiger partial charge in [-0.15, -0.1) is 0 Å². The van der Waals surface area contributed by atoms with Crippen molar-refractivity contribution in [3.8, 4) is 0 Å². The number of anilines is 1. The molecule has 0 bridgehead atoms. The van der Waals surface area contributed by atoms with Crippen LogP contribution in [0.3, 0.4) is 0 Å². The van der Waals surface area contributed by atoms with Crippen molar-refractivity contribution in [1.29, 1.82) is 0 Å². The van der Waals surface area contributed by atoms with Gasteiger partial charge >= 0.3 is 5.97 Å². The van der Waals surface area contributed by atoms with Crippen LogP contribution in [0.5, 0.6) is 0 Å². The molecule has 0 radical (unpaired) electrons. The van der Waals surface area contributed by atoms with E-state index in [1.165, 1.54) is 18.9 Å². The fourth-order valence-electron chi connectivity index (χ4n) is 1.36. The van der Waals surface area contributed by atoms with Crippen LogP contribution in [0, 0.1) is 9.49 Å². The second-order valence-electron chi connectivity index (χ2n) is 4.00. The highest BCUT2D eigenvalue weighted by atomic mass is 127. The third-order valence-electron chi connectivity index (χ3n) is 2.31. The van der Waals surface area contributed by atoms with Gasteiger partial charge in [0.05, 0.1) is 18.8 Å². The summed E-state index contributed by atoms with van der Waals surface area (Å²) in [6, 6.07) is 7.61. The van der Waals surface area contributed by atoms with Gasteiger partial charge in [-0.2, -0.15) is 11.8 Å². The molecule has 1 atom stereocenters. The number of ether oxygens (including phenoxy) is 1. The van der Waals surface area contributed by atoms with E-state index in [9.17, 15) is 9.59 Å². The Morgan fingerprint density at radius 1 is 1.47 bits per heavy atom. The van der Waals surface area contributed by atoms with E-state index in [2.05, 4.69) is 32.6 Å². The van der Waals surface area contributed by atoms with Crippen molar-refractivity contribution in [3.05, 3.63) is 27.8 Å². The zero-order chi connectivity index (χ0) is 14.3.